The van der Waals surface area contributed by atoms with Gasteiger partial charge in [0.2, 0.25) is 0 Å². The second-order valence-corrected chi connectivity index (χ2v) is 17.7. The Labute approximate surface area is 366 Å². The number of rotatable bonds is 3. The lowest BCUT2D eigenvalue weighted by Crippen LogP contribution is -2.29. The summed E-state index contributed by atoms with van der Waals surface area (Å²) in [5, 5.41) is 4.74. The van der Waals surface area contributed by atoms with E-state index < -0.39 is 5.41 Å². The molecule has 0 radical (unpaired) electrons. The van der Waals surface area contributed by atoms with Crippen molar-refractivity contribution in [1.82, 2.24) is 15.0 Å². The first-order valence-electron chi connectivity index (χ1n) is 21.3. The fourth-order valence-corrected chi connectivity index (χ4v) is 11.9. The van der Waals surface area contributed by atoms with Gasteiger partial charge in [-0.15, -0.1) is 11.3 Å². The lowest BCUT2D eigenvalue weighted by Gasteiger charge is -2.35. The smallest absolute Gasteiger partial charge is 0.164 e. The molecule has 0 amide bonds. The molecule has 1 spiro atoms. The quantitative estimate of drug-likeness (QED) is 0.178. The number of para-hydroxylation sites is 1. The van der Waals surface area contributed by atoms with E-state index in [4.69, 9.17) is 19.4 Å². The lowest BCUT2D eigenvalue weighted by molar-refractivity contribution is 0.669. The molecule has 1 unspecified atom stereocenters. The van der Waals surface area contributed by atoms with Crippen molar-refractivity contribution >= 4 is 53.4 Å². The standard InChI is InChI=1S/C58H33N3OS/c1-2-14-34(15-3-1)55-59-56(61-57(60-55)36-27-30-50-44(33-36)40-19-8-12-24-49(40)62-50)35-26-28-47-43(32-35)38-17-5-4-16-37(38)39-18-6-10-22-45(39)58(47)46-23-11-7-20-41(46)53-48(58)29-31-52-54(53)42-21-9-13-25-51(42)63-52/h1-33H. The van der Waals surface area contributed by atoms with Gasteiger partial charge in [-0.2, -0.15) is 0 Å². The maximum Gasteiger partial charge on any atom is 0.164 e. The second kappa shape index (κ2) is 13.0. The van der Waals surface area contributed by atoms with Crippen LogP contribution in [0.1, 0.15) is 22.3 Å². The molecule has 0 saturated heterocycles. The Bertz CT molecular complexity index is 3880. The van der Waals surface area contributed by atoms with Crippen LogP contribution in [0.5, 0.6) is 0 Å². The number of hydrogen-bond donors (Lipinski definition) is 0. The zero-order valence-corrected chi connectivity index (χ0v) is 34.5. The molecular weight excluding hydrogens is 787 g/mol. The highest BCUT2D eigenvalue weighted by molar-refractivity contribution is 7.26. The molecule has 3 aromatic heterocycles. The predicted molar refractivity (Wildman–Crippen MR) is 258 cm³/mol. The Balaban J connectivity index is 1.06. The van der Waals surface area contributed by atoms with E-state index in [1.165, 1.54) is 70.2 Å². The molecule has 1 atom stereocenters. The first-order valence-corrected chi connectivity index (χ1v) is 22.2. The summed E-state index contributed by atoms with van der Waals surface area (Å²) < 4.78 is 8.83. The van der Waals surface area contributed by atoms with Gasteiger partial charge in [0.1, 0.15) is 11.2 Å². The Morgan fingerprint density at radius 1 is 0.349 bits per heavy atom. The SMILES string of the molecule is c1ccc(-c2nc(-c3ccc4c(c3)-c3ccccc3-c3ccccc3C43c4ccccc4-c4c3ccc3sc5ccccc5c43)nc(-c3ccc4oc5ccccc5c4c3)n2)cc1. The molecule has 9 aromatic carbocycles. The van der Waals surface area contributed by atoms with E-state index in [2.05, 4.69) is 158 Å². The molecular formula is C58H33N3OS. The van der Waals surface area contributed by atoms with E-state index in [0.29, 0.717) is 17.5 Å². The maximum absolute atomic E-state index is 6.21. The number of furan rings is 1. The third kappa shape index (κ3) is 4.83. The number of aromatic nitrogens is 3. The average Bonchev–Trinajstić information content (AvgIpc) is 4.00. The number of benzene rings is 9. The van der Waals surface area contributed by atoms with E-state index in [0.717, 1.165) is 44.2 Å². The Kier molecular flexibility index (Phi) is 7.16. The summed E-state index contributed by atoms with van der Waals surface area (Å²) >= 11 is 1.88. The van der Waals surface area contributed by atoms with Crippen molar-refractivity contribution in [3.63, 3.8) is 0 Å². The normalized spacial score (nSPS) is 14.7. The van der Waals surface area contributed by atoms with Crippen LogP contribution in [0.15, 0.2) is 205 Å². The van der Waals surface area contributed by atoms with Gasteiger partial charge in [-0.3, -0.25) is 0 Å². The van der Waals surface area contributed by atoms with Gasteiger partial charge in [-0.25, -0.2) is 15.0 Å². The van der Waals surface area contributed by atoms with Crippen LogP contribution in [0, 0.1) is 0 Å². The summed E-state index contributed by atoms with van der Waals surface area (Å²) in [6.45, 7) is 0. The molecule has 3 heterocycles. The molecule has 5 heteroatoms. The van der Waals surface area contributed by atoms with Gasteiger partial charge in [-0.1, -0.05) is 158 Å². The van der Waals surface area contributed by atoms with E-state index in [1.54, 1.807) is 0 Å². The highest BCUT2D eigenvalue weighted by Gasteiger charge is 2.50. The number of nitrogens with zero attached hydrogens (tertiary/aromatic N) is 3. The molecule has 14 rings (SSSR count). The summed E-state index contributed by atoms with van der Waals surface area (Å²) in [6, 6.07) is 72.3. The van der Waals surface area contributed by atoms with Crippen LogP contribution in [0.4, 0.5) is 0 Å². The molecule has 0 bridgehead atoms. The summed E-state index contributed by atoms with van der Waals surface area (Å²) in [5.41, 5.74) is 16.4. The lowest BCUT2D eigenvalue weighted by atomic mass is 9.65. The van der Waals surface area contributed by atoms with Crippen molar-refractivity contribution in [2.24, 2.45) is 0 Å². The van der Waals surface area contributed by atoms with Crippen LogP contribution in [-0.4, -0.2) is 15.0 Å². The van der Waals surface area contributed by atoms with E-state index in [-0.39, 0.29) is 0 Å². The monoisotopic (exact) mass is 819 g/mol. The fraction of sp³-hybridized carbons (Fsp3) is 0.0172. The van der Waals surface area contributed by atoms with Crippen LogP contribution in [0.25, 0.3) is 110 Å². The van der Waals surface area contributed by atoms with Crippen LogP contribution in [0.2, 0.25) is 0 Å². The van der Waals surface area contributed by atoms with Crippen molar-refractivity contribution in [2.45, 2.75) is 5.41 Å². The molecule has 2 aliphatic rings. The third-order valence-electron chi connectivity index (χ3n) is 13.4. The number of hydrogen-bond acceptors (Lipinski definition) is 5. The van der Waals surface area contributed by atoms with Crippen molar-refractivity contribution in [2.75, 3.05) is 0 Å². The minimum absolute atomic E-state index is 0.607. The van der Waals surface area contributed by atoms with Crippen LogP contribution in [0.3, 0.4) is 0 Å². The summed E-state index contributed by atoms with van der Waals surface area (Å²) in [6.07, 6.45) is 0. The molecule has 292 valence electrons. The average molecular weight is 820 g/mol. The Morgan fingerprint density at radius 3 is 1.71 bits per heavy atom. The Hall–Kier alpha value is -7.99. The first-order chi connectivity index (χ1) is 31.2. The highest BCUT2D eigenvalue weighted by atomic mass is 32.1. The van der Waals surface area contributed by atoms with Gasteiger partial charge >= 0.3 is 0 Å². The molecule has 12 aromatic rings. The minimum Gasteiger partial charge on any atom is -0.456 e. The van der Waals surface area contributed by atoms with Crippen molar-refractivity contribution in [3.8, 4) is 67.5 Å². The summed E-state index contributed by atoms with van der Waals surface area (Å²) in [5.74, 6) is 1.85. The molecule has 0 aliphatic heterocycles. The first kappa shape index (κ1) is 34.7. The van der Waals surface area contributed by atoms with Gasteiger partial charge in [-0.05, 0) is 98.1 Å². The van der Waals surface area contributed by atoms with Crippen molar-refractivity contribution < 1.29 is 4.42 Å². The molecule has 0 fully saturated rings. The topological polar surface area (TPSA) is 51.8 Å². The van der Waals surface area contributed by atoms with Crippen LogP contribution < -0.4 is 0 Å². The van der Waals surface area contributed by atoms with Crippen molar-refractivity contribution in [3.05, 3.63) is 222 Å². The van der Waals surface area contributed by atoms with Crippen LogP contribution >= 0.6 is 11.3 Å². The van der Waals surface area contributed by atoms with Gasteiger partial charge < -0.3 is 4.42 Å². The largest absolute Gasteiger partial charge is 0.456 e. The van der Waals surface area contributed by atoms with E-state index in [9.17, 15) is 0 Å². The predicted octanol–water partition coefficient (Wildman–Crippen LogP) is 15.2. The second-order valence-electron chi connectivity index (χ2n) is 16.6. The summed E-state index contributed by atoms with van der Waals surface area (Å²) in [4.78, 5) is 15.7. The highest BCUT2D eigenvalue weighted by Crippen LogP contribution is 2.63. The zero-order valence-electron chi connectivity index (χ0n) is 33.7. The van der Waals surface area contributed by atoms with Gasteiger partial charge in [0, 0.05) is 47.6 Å². The molecule has 0 N–H and O–H groups in total. The Morgan fingerprint density at radius 2 is 0.905 bits per heavy atom. The third-order valence-corrected chi connectivity index (χ3v) is 14.5. The molecule has 2 aliphatic carbocycles. The molecule has 4 nitrogen and oxygen atoms in total. The van der Waals surface area contributed by atoms with E-state index in [1.807, 2.05) is 53.8 Å². The van der Waals surface area contributed by atoms with Crippen LogP contribution in [-0.2, 0) is 5.41 Å². The van der Waals surface area contributed by atoms with Gasteiger partial charge in [0.25, 0.3) is 0 Å². The minimum atomic E-state index is -0.616. The maximum atomic E-state index is 6.21. The fourth-order valence-electron chi connectivity index (χ4n) is 10.8. The number of fused-ring (bicyclic) bond motifs is 19. The molecule has 63 heavy (non-hydrogen) atoms. The molecule has 0 saturated carbocycles. The zero-order chi connectivity index (χ0) is 41.2. The van der Waals surface area contributed by atoms with Crippen molar-refractivity contribution in [1.29, 1.82) is 0 Å². The van der Waals surface area contributed by atoms with Gasteiger partial charge in [0.15, 0.2) is 17.5 Å². The summed E-state index contributed by atoms with van der Waals surface area (Å²) in [7, 11) is 0. The van der Waals surface area contributed by atoms with E-state index >= 15 is 0 Å². The number of thiophene rings is 1. The van der Waals surface area contributed by atoms with Gasteiger partial charge in [0.05, 0.1) is 5.41 Å².